The number of phenols is 2. The Morgan fingerprint density at radius 2 is 1.65 bits per heavy atom. The quantitative estimate of drug-likeness (QED) is 0.258. The maximum absolute atomic E-state index is 14.4. The average Bonchev–Trinajstić information content (AvgIpc) is 2.78. The number of nitrogens with one attached hydrogen (secondary N) is 1. The lowest BCUT2D eigenvalue weighted by atomic mass is 9.94. The number of aromatic hydroxyl groups is 2. The number of aliphatic hydroxyl groups excluding tert-OH is 1. The molecule has 4 aromatic rings. The first-order chi connectivity index (χ1) is 16.0. The molecular weight excluding hydrogens is 456 g/mol. The summed E-state index contributed by atoms with van der Waals surface area (Å²) in [6.45, 7) is -0.754. The Bertz CT molecular complexity index is 1490. The monoisotopic (exact) mass is 472 g/mol. The van der Waals surface area contributed by atoms with Crippen LogP contribution in [0.4, 0.5) is 17.6 Å². The van der Waals surface area contributed by atoms with Gasteiger partial charge in [0.15, 0.2) is 0 Å². The molecule has 0 radical (unpaired) electrons. The van der Waals surface area contributed by atoms with Crippen LogP contribution in [0.1, 0.15) is 11.1 Å². The van der Waals surface area contributed by atoms with Crippen LogP contribution in [0.5, 0.6) is 11.5 Å². The molecule has 0 spiro atoms. The van der Waals surface area contributed by atoms with Gasteiger partial charge in [0.1, 0.15) is 17.3 Å². The summed E-state index contributed by atoms with van der Waals surface area (Å²) in [6.07, 6.45) is -3.64. The molecule has 0 saturated heterocycles. The number of nitrogens with zero attached hydrogens (tertiary/aromatic N) is 1. The Labute approximate surface area is 189 Å². The maximum Gasteiger partial charge on any atom is 0.419 e. The summed E-state index contributed by atoms with van der Waals surface area (Å²) in [5.74, 6) is -1.96. The van der Waals surface area contributed by atoms with Gasteiger partial charge < -0.3 is 20.7 Å². The molecule has 0 amide bonds. The Hall–Kier alpha value is -4.18. The van der Waals surface area contributed by atoms with E-state index in [0.29, 0.717) is 12.1 Å². The highest BCUT2D eigenvalue weighted by molar-refractivity contribution is 6.13. The van der Waals surface area contributed by atoms with Crippen LogP contribution in [-0.2, 0) is 6.18 Å². The molecule has 0 aliphatic rings. The van der Waals surface area contributed by atoms with Gasteiger partial charge in [-0.2, -0.15) is 13.2 Å². The van der Waals surface area contributed by atoms with E-state index in [0.717, 1.165) is 16.7 Å². The summed E-state index contributed by atoms with van der Waals surface area (Å²) in [7, 11) is 0. The third-order valence-corrected chi connectivity index (χ3v) is 5.30. The van der Waals surface area contributed by atoms with Crippen molar-refractivity contribution >= 4 is 16.5 Å². The predicted octanol–water partition coefficient (Wildman–Crippen LogP) is 4.59. The lowest BCUT2D eigenvalue weighted by Gasteiger charge is -2.17. The molecule has 6 nitrogen and oxygen atoms in total. The molecule has 4 N–H and O–H groups in total. The third kappa shape index (κ3) is 3.99. The molecule has 4 rings (SSSR count). The number of benzene rings is 3. The topological polar surface area (TPSA) is 107 Å². The minimum Gasteiger partial charge on any atom is -0.508 e. The molecule has 10 heteroatoms. The van der Waals surface area contributed by atoms with E-state index in [2.05, 4.69) is 0 Å². The first kappa shape index (κ1) is 23.0. The van der Waals surface area contributed by atoms with Gasteiger partial charge in [-0.05, 0) is 54.1 Å². The first-order valence-corrected chi connectivity index (χ1v) is 9.79. The van der Waals surface area contributed by atoms with E-state index >= 15 is 0 Å². The van der Waals surface area contributed by atoms with E-state index in [9.17, 15) is 37.7 Å². The van der Waals surface area contributed by atoms with Gasteiger partial charge in [-0.15, -0.1) is 0 Å². The number of aliphatic hydroxyl groups is 1. The largest absolute Gasteiger partial charge is 0.508 e. The zero-order valence-corrected chi connectivity index (χ0v) is 17.2. The molecule has 0 saturated carbocycles. The van der Waals surface area contributed by atoms with Gasteiger partial charge in [-0.25, -0.2) is 4.39 Å². The summed E-state index contributed by atoms with van der Waals surface area (Å²) in [5.41, 5.74) is -2.25. The highest BCUT2D eigenvalue weighted by Crippen LogP contribution is 2.36. The Morgan fingerprint density at radius 1 is 0.971 bits per heavy atom. The third-order valence-electron chi connectivity index (χ3n) is 5.30. The van der Waals surface area contributed by atoms with Crippen molar-refractivity contribution in [2.75, 3.05) is 6.61 Å². The fourth-order valence-electron chi connectivity index (χ4n) is 3.72. The van der Waals surface area contributed by atoms with Crippen LogP contribution in [0.2, 0.25) is 0 Å². The number of phenolic OH excluding ortho intramolecular Hbond substituents is 2. The van der Waals surface area contributed by atoms with Gasteiger partial charge in [0.2, 0.25) is 0 Å². The second-order valence-corrected chi connectivity index (χ2v) is 7.48. The van der Waals surface area contributed by atoms with Crippen LogP contribution < -0.4 is 5.56 Å². The minimum atomic E-state index is -4.91. The van der Waals surface area contributed by atoms with Gasteiger partial charge in [0.25, 0.3) is 5.56 Å². The summed E-state index contributed by atoms with van der Waals surface area (Å²) in [4.78, 5) is 13.4. The van der Waals surface area contributed by atoms with Crippen molar-refractivity contribution < 1.29 is 32.9 Å². The number of fused-ring (bicyclic) bond motifs is 1. The molecule has 34 heavy (non-hydrogen) atoms. The molecule has 0 fully saturated rings. The fourth-order valence-corrected chi connectivity index (χ4v) is 3.72. The lowest BCUT2D eigenvalue weighted by molar-refractivity contribution is -0.139. The smallest absolute Gasteiger partial charge is 0.419 e. The van der Waals surface area contributed by atoms with Crippen molar-refractivity contribution in [3.8, 4) is 28.3 Å². The highest BCUT2D eigenvalue weighted by atomic mass is 19.4. The van der Waals surface area contributed by atoms with Crippen LogP contribution in [0.3, 0.4) is 0 Å². The van der Waals surface area contributed by atoms with E-state index in [1.165, 1.54) is 36.5 Å². The second kappa shape index (κ2) is 8.31. The number of hydrogen-bond acceptors (Lipinski definition) is 5. The first-order valence-electron chi connectivity index (χ1n) is 9.79. The number of halogens is 4. The van der Waals surface area contributed by atoms with Crippen LogP contribution in [0.15, 0.2) is 65.6 Å². The van der Waals surface area contributed by atoms with Crippen LogP contribution in [0, 0.1) is 11.2 Å². The zero-order valence-electron chi connectivity index (χ0n) is 17.2. The molecule has 0 unspecified atom stereocenters. The molecule has 0 aliphatic heterocycles. The summed E-state index contributed by atoms with van der Waals surface area (Å²) in [6, 6.07) is 10.0. The zero-order chi connectivity index (χ0) is 24.8. The molecule has 1 aromatic heterocycles. The average molecular weight is 472 g/mol. The Balaban J connectivity index is 2.13. The van der Waals surface area contributed by atoms with E-state index in [1.807, 2.05) is 0 Å². The van der Waals surface area contributed by atoms with Gasteiger partial charge in [-0.1, -0.05) is 6.07 Å². The fraction of sp³-hybridized carbons (Fsp3) is 0.0833. The molecule has 1 heterocycles. The molecular formula is C24H16F4N2O4. The second-order valence-electron chi connectivity index (χ2n) is 7.48. The number of alkyl halides is 3. The van der Waals surface area contributed by atoms with Crippen molar-refractivity contribution in [2.45, 2.75) is 6.18 Å². The lowest BCUT2D eigenvalue weighted by Crippen LogP contribution is -2.21. The Morgan fingerprint density at radius 3 is 2.24 bits per heavy atom. The summed E-state index contributed by atoms with van der Waals surface area (Å²) < 4.78 is 54.7. The van der Waals surface area contributed by atoms with E-state index in [-0.39, 0.29) is 50.4 Å². The van der Waals surface area contributed by atoms with Crippen molar-refractivity contribution in [3.63, 3.8) is 0 Å². The number of aromatic nitrogens is 1. The summed E-state index contributed by atoms with van der Waals surface area (Å²) in [5, 5.41) is 37.2. The molecule has 0 bridgehead atoms. The SMILES string of the molecule is N=C(CO)c1cc(O)cc2c(-c3ccc(C(F)(F)F)c(F)c3)cn(-c3ccc(O)cc3)c(=O)c12. The van der Waals surface area contributed by atoms with E-state index < -0.39 is 29.7 Å². The number of hydrogen-bond donors (Lipinski definition) is 4. The maximum atomic E-state index is 14.4. The number of pyridine rings is 1. The van der Waals surface area contributed by atoms with E-state index in [1.54, 1.807) is 0 Å². The van der Waals surface area contributed by atoms with Crippen LogP contribution in [-0.4, -0.2) is 32.2 Å². The molecule has 174 valence electrons. The van der Waals surface area contributed by atoms with Crippen LogP contribution in [0.25, 0.3) is 27.6 Å². The van der Waals surface area contributed by atoms with Crippen LogP contribution >= 0.6 is 0 Å². The van der Waals surface area contributed by atoms with Gasteiger partial charge in [0, 0.05) is 28.4 Å². The molecule has 0 aliphatic carbocycles. The minimum absolute atomic E-state index is 0.0184. The normalized spacial score (nSPS) is 11.7. The standard InChI is InChI=1S/C24H16F4N2O4/c25-20-7-12(1-6-19(20)24(26,27)28)18-10-30(13-2-4-14(32)5-3-13)23(34)22-16(18)8-15(33)9-17(22)21(29)11-31/h1-10,29,31-33H,11H2. The summed E-state index contributed by atoms with van der Waals surface area (Å²) >= 11 is 0. The van der Waals surface area contributed by atoms with Gasteiger partial charge >= 0.3 is 6.18 Å². The molecule has 3 aromatic carbocycles. The van der Waals surface area contributed by atoms with Crippen molar-refractivity contribution in [2.24, 2.45) is 0 Å². The van der Waals surface area contributed by atoms with Crippen molar-refractivity contribution in [1.82, 2.24) is 4.57 Å². The molecule has 0 atom stereocenters. The highest BCUT2D eigenvalue weighted by Gasteiger charge is 2.34. The van der Waals surface area contributed by atoms with Gasteiger partial charge in [0.05, 0.1) is 23.3 Å². The van der Waals surface area contributed by atoms with Crippen molar-refractivity contribution in [3.05, 3.63) is 88.1 Å². The van der Waals surface area contributed by atoms with Crippen molar-refractivity contribution in [1.29, 1.82) is 5.41 Å². The number of rotatable bonds is 4. The Kier molecular flexibility index (Phi) is 5.62. The predicted molar refractivity (Wildman–Crippen MR) is 117 cm³/mol. The van der Waals surface area contributed by atoms with Gasteiger partial charge in [-0.3, -0.25) is 9.36 Å². The van der Waals surface area contributed by atoms with E-state index in [4.69, 9.17) is 5.41 Å².